The highest BCUT2D eigenvalue weighted by molar-refractivity contribution is 9.09. The fraction of sp³-hybridized carbons (Fsp3) is 0.276. The number of nitrogens with zero attached hydrogens (tertiary/aromatic N) is 1. The Morgan fingerprint density at radius 1 is 0.865 bits per heavy atom. The van der Waals surface area contributed by atoms with E-state index in [2.05, 4.69) is 21.1 Å². The second-order valence-electron chi connectivity index (χ2n) is 8.41. The summed E-state index contributed by atoms with van der Waals surface area (Å²) in [6, 6.07) is 23.7. The summed E-state index contributed by atoms with van der Waals surface area (Å²) in [6.07, 6.45) is -0.286. The van der Waals surface area contributed by atoms with Crippen LogP contribution in [-0.4, -0.2) is 48.9 Å². The van der Waals surface area contributed by atoms with Crippen molar-refractivity contribution in [1.29, 1.82) is 0 Å². The average Bonchev–Trinajstić information content (AvgIpc) is 2.92. The van der Waals surface area contributed by atoms with E-state index < -0.39 is 29.0 Å². The zero-order valence-electron chi connectivity index (χ0n) is 21.0. The molecule has 3 aromatic carbocycles. The molecular weight excluding hydrogens is 538 g/mol. The summed E-state index contributed by atoms with van der Waals surface area (Å²) in [4.78, 5) is 29.9. The van der Waals surface area contributed by atoms with Gasteiger partial charge in [0.05, 0.1) is 28.8 Å². The van der Waals surface area contributed by atoms with Gasteiger partial charge < -0.3 is 19.0 Å². The monoisotopic (exact) mass is 567 g/mol. The molecule has 37 heavy (non-hydrogen) atoms. The highest BCUT2D eigenvalue weighted by atomic mass is 79.9. The third kappa shape index (κ3) is 8.84. The highest BCUT2D eigenvalue weighted by Gasteiger charge is 2.33. The maximum absolute atomic E-state index is 13.0. The van der Waals surface area contributed by atoms with Gasteiger partial charge in [0.15, 0.2) is 0 Å². The first-order chi connectivity index (χ1) is 17.9. The van der Waals surface area contributed by atoms with Gasteiger partial charge in [0, 0.05) is 0 Å². The van der Waals surface area contributed by atoms with Crippen molar-refractivity contribution in [3.63, 3.8) is 0 Å². The first-order valence-corrected chi connectivity index (χ1v) is 12.7. The normalized spacial score (nSPS) is 13.5. The van der Waals surface area contributed by atoms with Crippen LogP contribution in [0.4, 0.5) is 0 Å². The van der Waals surface area contributed by atoms with Crippen LogP contribution in [0.15, 0.2) is 84.0 Å². The van der Waals surface area contributed by atoms with E-state index in [1.807, 2.05) is 68.4 Å². The van der Waals surface area contributed by atoms with Gasteiger partial charge in [-0.3, -0.25) is 0 Å². The van der Waals surface area contributed by atoms with Crippen molar-refractivity contribution in [3.8, 4) is 0 Å². The van der Waals surface area contributed by atoms with Crippen molar-refractivity contribution in [2.75, 3.05) is 13.7 Å². The predicted octanol–water partition coefficient (Wildman–Crippen LogP) is 5.67. The molecule has 194 valence electrons. The summed E-state index contributed by atoms with van der Waals surface area (Å²) in [5, 5.41) is 3.86. The molecule has 3 atom stereocenters. The number of rotatable bonds is 12. The zero-order valence-corrected chi connectivity index (χ0v) is 22.6. The summed E-state index contributed by atoms with van der Waals surface area (Å²) in [5.74, 6) is -1.03. The lowest BCUT2D eigenvalue weighted by Crippen LogP contribution is -2.43. The molecule has 0 aliphatic rings. The quantitative estimate of drug-likeness (QED) is 0.121. The minimum absolute atomic E-state index is 0.0788. The van der Waals surface area contributed by atoms with Crippen molar-refractivity contribution in [3.05, 3.63) is 107 Å². The molecular formula is C29H30BrNO6. The van der Waals surface area contributed by atoms with Crippen LogP contribution in [0.5, 0.6) is 0 Å². The number of halogens is 1. The van der Waals surface area contributed by atoms with Crippen LogP contribution in [0.25, 0.3) is 0 Å². The maximum Gasteiger partial charge on any atom is 0.338 e. The van der Waals surface area contributed by atoms with Gasteiger partial charge in [-0.15, -0.1) is 0 Å². The van der Waals surface area contributed by atoms with Gasteiger partial charge in [-0.05, 0) is 43.7 Å². The number of carbonyl (C=O) groups excluding carboxylic acids is 2. The molecule has 0 saturated heterocycles. The second kappa shape index (κ2) is 14.3. The molecule has 0 aromatic heterocycles. The molecule has 8 heteroatoms. The summed E-state index contributed by atoms with van der Waals surface area (Å²) in [6.45, 7) is 4.03. The van der Waals surface area contributed by atoms with Crippen LogP contribution in [0.3, 0.4) is 0 Å². The number of carbonyl (C=O) groups is 2. The third-order valence-electron chi connectivity index (χ3n) is 5.47. The van der Waals surface area contributed by atoms with Crippen LogP contribution in [0.1, 0.15) is 37.4 Å². The van der Waals surface area contributed by atoms with Crippen LogP contribution < -0.4 is 0 Å². The SMILES string of the molecule is CON=C[C@H](OCc1ccccc1)[C@@H](OC(=O)c1ccc(C)cc1)[C@@H](Br)COC(=O)c1ccc(C)cc1. The van der Waals surface area contributed by atoms with Gasteiger partial charge in [-0.1, -0.05) is 86.8 Å². The van der Waals surface area contributed by atoms with E-state index in [0.29, 0.717) is 11.1 Å². The molecule has 0 radical (unpaired) electrons. The third-order valence-corrected chi connectivity index (χ3v) is 6.26. The van der Waals surface area contributed by atoms with Crippen molar-refractivity contribution >= 4 is 34.1 Å². The van der Waals surface area contributed by atoms with Crippen molar-refractivity contribution in [1.82, 2.24) is 0 Å². The molecule has 0 N–H and O–H groups in total. The minimum atomic E-state index is -0.901. The van der Waals surface area contributed by atoms with E-state index >= 15 is 0 Å². The topological polar surface area (TPSA) is 83.4 Å². The fourth-order valence-electron chi connectivity index (χ4n) is 3.36. The average molecular weight is 568 g/mol. The van der Waals surface area contributed by atoms with E-state index in [1.165, 1.54) is 13.3 Å². The van der Waals surface area contributed by atoms with Crippen molar-refractivity contribution in [2.45, 2.75) is 37.5 Å². The van der Waals surface area contributed by atoms with E-state index in [0.717, 1.165) is 16.7 Å². The van der Waals surface area contributed by atoms with E-state index in [1.54, 1.807) is 24.3 Å². The van der Waals surface area contributed by atoms with Gasteiger partial charge >= 0.3 is 11.9 Å². The van der Waals surface area contributed by atoms with Gasteiger partial charge in [-0.25, -0.2) is 9.59 Å². The molecule has 0 amide bonds. The number of esters is 2. The first kappa shape index (κ1) is 28.1. The number of ether oxygens (including phenoxy) is 3. The lowest BCUT2D eigenvalue weighted by atomic mass is 10.1. The molecule has 0 aliphatic carbocycles. The smallest absolute Gasteiger partial charge is 0.338 e. The molecule has 3 aromatic rings. The molecule has 0 heterocycles. The van der Waals surface area contributed by atoms with Crippen LogP contribution in [0, 0.1) is 13.8 Å². The van der Waals surface area contributed by atoms with E-state index in [-0.39, 0.29) is 13.2 Å². The van der Waals surface area contributed by atoms with Crippen LogP contribution in [-0.2, 0) is 25.7 Å². The number of aryl methyl sites for hydroxylation is 2. The summed E-state index contributed by atoms with van der Waals surface area (Å²) < 4.78 is 17.5. The lowest BCUT2D eigenvalue weighted by Gasteiger charge is -2.28. The predicted molar refractivity (Wildman–Crippen MR) is 145 cm³/mol. The molecule has 0 unspecified atom stereocenters. The Labute approximate surface area is 225 Å². The van der Waals surface area contributed by atoms with Gasteiger partial charge in [-0.2, -0.15) is 0 Å². The first-order valence-electron chi connectivity index (χ1n) is 11.7. The Morgan fingerprint density at radius 3 is 2.00 bits per heavy atom. The fourth-order valence-corrected chi connectivity index (χ4v) is 3.90. The van der Waals surface area contributed by atoms with Crippen LogP contribution >= 0.6 is 15.9 Å². The van der Waals surface area contributed by atoms with E-state index in [9.17, 15) is 9.59 Å². The van der Waals surface area contributed by atoms with Crippen molar-refractivity contribution in [2.24, 2.45) is 5.16 Å². The maximum atomic E-state index is 13.0. The Balaban J connectivity index is 1.79. The number of oxime groups is 1. The number of hydrogen-bond donors (Lipinski definition) is 0. The molecule has 0 spiro atoms. The molecule has 7 nitrogen and oxygen atoms in total. The number of alkyl halides is 1. The lowest BCUT2D eigenvalue weighted by molar-refractivity contribution is -0.0353. The molecule has 3 rings (SSSR count). The Morgan fingerprint density at radius 2 is 1.43 bits per heavy atom. The van der Waals surface area contributed by atoms with Gasteiger partial charge in [0.2, 0.25) is 0 Å². The Kier molecular flexibility index (Phi) is 10.9. The van der Waals surface area contributed by atoms with E-state index in [4.69, 9.17) is 19.0 Å². The molecule has 0 bridgehead atoms. The number of benzene rings is 3. The summed E-state index contributed by atoms with van der Waals surface area (Å²) >= 11 is 3.55. The largest absolute Gasteiger partial charge is 0.461 e. The summed E-state index contributed by atoms with van der Waals surface area (Å²) in [5.41, 5.74) is 3.80. The Bertz CT molecular complexity index is 1170. The van der Waals surface area contributed by atoms with Crippen molar-refractivity contribution < 1.29 is 28.6 Å². The highest BCUT2D eigenvalue weighted by Crippen LogP contribution is 2.20. The molecule has 0 fully saturated rings. The Hall–Kier alpha value is -3.49. The number of hydrogen-bond acceptors (Lipinski definition) is 7. The zero-order chi connectivity index (χ0) is 26.6. The minimum Gasteiger partial charge on any atom is -0.461 e. The standard InChI is InChI=1S/C29H30BrNO6/c1-20-9-13-23(14-10-20)28(32)36-19-25(30)27(37-29(33)24-15-11-21(2)12-16-24)26(17-31-34-3)35-18-22-7-5-4-6-8-22/h4-17,25-27H,18-19H2,1-3H3/t25-,26-,27-/m0/s1. The van der Waals surface area contributed by atoms with Gasteiger partial charge in [0.1, 0.15) is 25.9 Å². The summed E-state index contributed by atoms with van der Waals surface area (Å²) in [7, 11) is 1.41. The van der Waals surface area contributed by atoms with Gasteiger partial charge in [0.25, 0.3) is 0 Å². The van der Waals surface area contributed by atoms with Crippen LogP contribution in [0.2, 0.25) is 0 Å². The molecule has 0 saturated carbocycles. The second-order valence-corrected chi connectivity index (χ2v) is 9.59. The molecule has 0 aliphatic heterocycles.